The Balaban J connectivity index is 2.23. The highest BCUT2D eigenvalue weighted by molar-refractivity contribution is 6.81. The van der Waals surface area contributed by atoms with E-state index >= 15 is 0 Å². The first kappa shape index (κ1) is 9.28. The van der Waals surface area contributed by atoms with Gasteiger partial charge >= 0.3 is 8.74 Å². The van der Waals surface area contributed by atoms with Crippen LogP contribution in [0.25, 0.3) is 0 Å². The summed E-state index contributed by atoms with van der Waals surface area (Å²) in [5, 5.41) is 0.202. The molecule has 3 heteroatoms. The van der Waals surface area contributed by atoms with Gasteiger partial charge in [0.25, 0.3) is 0 Å². The van der Waals surface area contributed by atoms with Crippen LogP contribution in [0.4, 0.5) is 8.22 Å². The van der Waals surface area contributed by atoms with Crippen LogP contribution in [-0.2, 0) is 0 Å². The SMILES string of the molecule is [2H][C@@H]1C=C[C@H]([Si](F)(F)c2ccccc2)CC1. The molecule has 2 rings (SSSR count). The number of allylic oxidation sites excluding steroid dienone is 2. The minimum absolute atomic E-state index is 0.202. The van der Waals surface area contributed by atoms with E-state index < -0.39 is 14.3 Å². The molecule has 0 heterocycles. The van der Waals surface area contributed by atoms with Crippen LogP contribution in [0.2, 0.25) is 5.54 Å². The van der Waals surface area contributed by atoms with Crippen LogP contribution in [0.1, 0.15) is 20.6 Å². The number of hydrogen-bond donors (Lipinski definition) is 0. The molecule has 1 aromatic rings. The Kier molecular flexibility index (Phi) is 2.64. The van der Waals surface area contributed by atoms with E-state index in [1.807, 2.05) is 0 Å². The fraction of sp³-hybridized carbons (Fsp3) is 0.333. The Bertz CT molecular complexity index is 378. The Hall–Kier alpha value is -0.963. The van der Waals surface area contributed by atoms with Crippen molar-refractivity contribution >= 4 is 13.9 Å². The van der Waals surface area contributed by atoms with Crippen molar-refractivity contribution in [1.29, 1.82) is 0 Å². The van der Waals surface area contributed by atoms with Gasteiger partial charge in [0, 0.05) is 12.1 Å². The summed E-state index contributed by atoms with van der Waals surface area (Å²) in [4.78, 5) is 0. The van der Waals surface area contributed by atoms with Crippen LogP contribution in [-0.4, -0.2) is 8.74 Å². The summed E-state index contributed by atoms with van der Waals surface area (Å²) >= 11 is 0. The molecule has 0 amide bonds. The minimum Gasteiger partial charge on any atom is -0.264 e. The Morgan fingerprint density at radius 1 is 1.27 bits per heavy atom. The standard InChI is InChI=1S/C12H14F2Si/c13-15(14,11-7-3-1-4-8-11)12-9-5-2-6-10-12/h1,3-5,7-9,12H,2,6,10H2/t12-/m0/s1/i2D/t2-,12+/m1. The molecule has 15 heavy (non-hydrogen) atoms. The van der Waals surface area contributed by atoms with Gasteiger partial charge in [0.05, 0.1) is 0 Å². The van der Waals surface area contributed by atoms with E-state index in [2.05, 4.69) is 0 Å². The van der Waals surface area contributed by atoms with Crippen molar-refractivity contribution < 1.29 is 9.59 Å². The fourth-order valence-electron chi connectivity index (χ4n) is 1.86. The van der Waals surface area contributed by atoms with Crippen LogP contribution in [0.5, 0.6) is 0 Å². The molecule has 0 radical (unpaired) electrons. The first-order chi connectivity index (χ1) is 7.60. The van der Waals surface area contributed by atoms with Crippen LogP contribution in [0.15, 0.2) is 42.5 Å². The molecule has 0 saturated carbocycles. The largest absolute Gasteiger partial charge is 0.462 e. The molecule has 1 aromatic carbocycles. The Morgan fingerprint density at radius 3 is 2.60 bits per heavy atom. The van der Waals surface area contributed by atoms with Gasteiger partial charge in [-0.2, -0.15) is 0 Å². The zero-order chi connectivity index (χ0) is 11.6. The summed E-state index contributed by atoms with van der Waals surface area (Å²) in [5.74, 6) is 0. The van der Waals surface area contributed by atoms with Crippen LogP contribution in [0.3, 0.4) is 0 Å². The van der Waals surface area contributed by atoms with E-state index in [0.29, 0.717) is 12.8 Å². The molecular weight excluding hydrogens is 210 g/mol. The molecule has 1 aliphatic carbocycles. The second-order valence-corrected chi connectivity index (χ2v) is 6.36. The van der Waals surface area contributed by atoms with Crippen molar-refractivity contribution in [2.75, 3.05) is 0 Å². The van der Waals surface area contributed by atoms with Crippen LogP contribution in [0, 0.1) is 0 Å². The predicted molar refractivity (Wildman–Crippen MR) is 60.8 cm³/mol. The lowest BCUT2D eigenvalue weighted by Gasteiger charge is -2.23. The molecule has 2 atom stereocenters. The molecule has 0 nitrogen and oxygen atoms in total. The average molecular weight is 225 g/mol. The van der Waals surface area contributed by atoms with Gasteiger partial charge in [0.1, 0.15) is 0 Å². The first-order valence-corrected chi connectivity index (χ1v) is 6.98. The van der Waals surface area contributed by atoms with Gasteiger partial charge in [-0.05, 0) is 19.2 Å². The molecule has 0 bridgehead atoms. The van der Waals surface area contributed by atoms with Crippen molar-refractivity contribution in [3.63, 3.8) is 0 Å². The second-order valence-electron chi connectivity index (χ2n) is 3.79. The normalized spacial score (nSPS) is 27.5. The smallest absolute Gasteiger partial charge is 0.264 e. The fourth-order valence-corrected chi connectivity index (χ4v) is 3.80. The summed E-state index contributed by atoms with van der Waals surface area (Å²) < 4.78 is 35.8. The van der Waals surface area contributed by atoms with Gasteiger partial charge < -0.3 is 0 Å². The second kappa shape index (κ2) is 4.27. The highest BCUT2D eigenvalue weighted by Crippen LogP contribution is 2.33. The lowest BCUT2D eigenvalue weighted by molar-refractivity contribution is 0.564. The van der Waals surface area contributed by atoms with Gasteiger partial charge in [0.2, 0.25) is 0 Å². The molecule has 0 aliphatic heterocycles. The molecule has 0 saturated heterocycles. The van der Waals surface area contributed by atoms with Gasteiger partial charge in [0.15, 0.2) is 0 Å². The summed E-state index contributed by atoms with van der Waals surface area (Å²) in [7, 11) is -4.38. The third-order valence-corrected chi connectivity index (χ3v) is 5.26. The maximum Gasteiger partial charge on any atom is 0.462 e. The van der Waals surface area contributed by atoms with Crippen molar-refractivity contribution in [2.45, 2.75) is 24.8 Å². The van der Waals surface area contributed by atoms with E-state index in [0.717, 1.165) is 0 Å². The summed E-state index contributed by atoms with van der Waals surface area (Å²) in [6, 6.07) is 8.12. The number of benzene rings is 1. The van der Waals surface area contributed by atoms with E-state index in [4.69, 9.17) is 1.37 Å². The predicted octanol–water partition coefficient (Wildman–Crippen LogP) is 3.39. The van der Waals surface area contributed by atoms with E-state index in [-0.39, 0.29) is 11.6 Å². The number of rotatable bonds is 2. The van der Waals surface area contributed by atoms with Crippen molar-refractivity contribution in [1.82, 2.24) is 0 Å². The van der Waals surface area contributed by atoms with E-state index in [1.54, 1.807) is 30.4 Å². The third kappa shape index (κ3) is 2.17. The third-order valence-electron chi connectivity index (χ3n) is 2.75. The highest BCUT2D eigenvalue weighted by Gasteiger charge is 2.45. The van der Waals surface area contributed by atoms with Gasteiger partial charge in [-0.25, -0.2) is 0 Å². The number of hydrogen-bond acceptors (Lipinski definition) is 0. The van der Waals surface area contributed by atoms with Gasteiger partial charge in [-0.15, -0.1) is 0 Å². The molecule has 0 aromatic heterocycles. The Morgan fingerprint density at radius 2 is 2.00 bits per heavy atom. The van der Waals surface area contributed by atoms with Gasteiger partial charge in [-0.1, -0.05) is 42.5 Å². The maximum atomic E-state index is 14.2. The zero-order valence-corrected chi connectivity index (χ0v) is 9.37. The monoisotopic (exact) mass is 225 g/mol. The molecule has 0 unspecified atom stereocenters. The highest BCUT2D eigenvalue weighted by atomic mass is 28.4. The van der Waals surface area contributed by atoms with E-state index in [1.165, 1.54) is 12.1 Å². The quantitative estimate of drug-likeness (QED) is 0.411. The molecule has 0 spiro atoms. The van der Waals surface area contributed by atoms with Crippen LogP contribution < -0.4 is 5.19 Å². The maximum absolute atomic E-state index is 14.2. The lowest BCUT2D eigenvalue weighted by Crippen LogP contribution is -2.43. The van der Waals surface area contributed by atoms with Gasteiger partial charge in [-0.3, -0.25) is 8.22 Å². The summed E-state index contributed by atoms with van der Waals surface area (Å²) in [5.41, 5.74) is -0.628. The number of halogens is 2. The summed E-state index contributed by atoms with van der Waals surface area (Å²) in [6.07, 6.45) is 3.87. The van der Waals surface area contributed by atoms with Crippen molar-refractivity contribution in [3.8, 4) is 0 Å². The molecule has 0 fully saturated rings. The van der Waals surface area contributed by atoms with Crippen LogP contribution >= 0.6 is 0 Å². The lowest BCUT2D eigenvalue weighted by atomic mass is 10.1. The molecular formula is C12H14F2Si. The van der Waals surface area contributed by atoms with Crippen molar-refractivity contribution in [3.05, 3.63) is 42.5 Å². The Labute approximate surface area is 91.4 Å². The molecule has 0 N–H and O–H groups in total. The van der Waals surface area contributed by atoms with Crippen molar-refractivity contribution in [2.24, 2.45) is 0 Å². The topological polar surface area (TPSA) is 0 Å². The summed E-state index contributed by atoms with van der Waals surface area (Å²) in [6.45, 7) is 0. The zero-order valence-electron chi connectivity index (χ0n) is 9.37. The van der Waals surface area contributed by atoms with E-state index in [9.17, 15) is 8.22 Å². The molecule has 1 aliphatic rings. The average Bonchev–Trinajstić information content (AvgIpc) is 2.31. The molecule has 80 valence electrons. The minimum atomic E-state index is -4.38. The first-order valence-electron chi connectivity index (χ1n) is 5.72.